The van der Waals surface area contributed by atoms with Crippen molar-refractivity contribution in [2.75, 3.05) is 26.7 Å². The van der Waals surface area contributed by atoms with Crippen LogP contribution in [0.15, 0.2) is 27.7 Å². The highest BCUT2D eigenvalue weighted by Gasteiger charge is 2.22. The number of nitrogens with one attached hydrogen (secondary N) is 1. The van der Waals surface area contributed by atoms with E-state index in [0.29, 0.717) is 18.5 Å². The van der Waals surface area contributed by atoms with Crippen LogP contribution in [-0.4, -0.2) is 43.6 Å². The van der Waals surface area contributed by atoms with Crippen LogP contribution in [0.25, 0.3) is 0 Å². The summed E-state index contributed by atoms with van der Waals surface area (Å²) in [6.45, 7) is 5.85. The number of halogens is 2. The molecular formula is C16H26BrIN4O. The first-order valence-corrected chi connectivity index (χ1v) is 8.53. The highest BCUT2D eigenvalue weighted by Crippen LogP contribution is 2.23. The minimum Gasteiger partial charge on any atom is -0.496 e. The summed E-state index contributed by atoms with van der Waals surface area (Å²) in [5.74, 6) is 1.32. The Kier molecular flexibility index (Phi) is 9.23. The largest absolute Gasteiger partial charge is 0.496 e. The van der Waals surface area contributed by atoms with Gasteiger partial charge in [0, 0.05) is 22.6 Å². The number of nitrogens with zero attached hydrogens (tertiary/aromatic N) is 2. The summed E-state index contributed by atoms with van der Waals surface area (Å²) >= 11 is 3.47. The second kappa shape index (κ2) is 10.4. The van der Waals surface area contributed by atoms with Gasteiger partial charge >= 0.3 is 0 Å². The number of methoxy groups -OCH3 is 1. The molecule has 1 aliphatic heterocycles. The van der Waals surface area contributed by atoms with Crippen LogP contribution in [0.1, 0.15) is 25.3 Å². The van der Waals surface area contributed by atoms with E-state index in [1.807, 2.05) is 18.2 Å². The number of hydrogen-bond acceptors (Lipinski definition) is 3. The number of nitrogens with two attached hydrogens (primary N) is 1. The molecule has 1 saturated heterocycles. The van der Waals surface area contributed by atoms with Crippen molar-refractivity contribution < 1.29 is 4.74 Å². The van der Waals surface area contributed by atoms with Gasteiger partial charge < -0.3 is 15.8 Å². The molecule has 1 aliphatic rings. The SMILES string of the molecule is CCN1CCCC1CNC(N)=NCc1cc(Br)ccc1OC.I. The van der Waals surface area contributed by atoms with E-state index in [2.05, 4.69) is 38.1 Å². The molecular weight excluding hydrogens is 471 g/mol. The molecule has 3 N–H and O–H groups in total. The molecule has 1 aromatic rings. The van der Waals surface area contributed by atoms with E-state index in [0.717, 1.165) is 28.9 Å². The summed E-state index contributed by atoms with van der Waals surface area (Å²) in [7, 11) is 1.66. The van der Waals surface area contributed by atoms with Crippen molar-refractivity contribution in [1.82, 2.24) is 10.2 Å². The van der Waals surface area contributed by atoms with Crippen molar-refractivity contribution in [3.8, 4) is 5.75 Å². The van der Waals surface area contributed by atoms with Crippen LogP contribution in [0.5, 0.6) is 5.75 Å². The third-order valence-electron chi connectivity index (χ3n) is 4.09. The van der Waals surface area contributed by atoms with Crippen LogP contribution >= 0.6 is 39.9 Å². The van der Waals surface area contributed by atoms with Crippen LogP contribution in [-0.2, 0) is 6.54 Å². The second-order valence-corrected chi connectivity index (χ2v) is 6.38. The quantitative estimate of drug-likeness (QED) is 0.361. The fourth-order valence-electron chi connectivity index (χ4n) is 2.86. The Morgan fingerprint density at radius 1 is 1.52 bits per heavy atom. The fraction of sp³-hybridized carbons (Fsp3) is 0.562. The topological polar surface area (TPSA) is 62.9 Å². The highest BCUT2D eigenvalue weighted by molar-refractivity contribution is 14.0. The van der Waals surface area contributed by atoms with Crippen LogP contribution < -0.4 is 15.8 Å². The Labute approximate surface area is 164 Å². The number of ether oxygens (including phenoxy) is 1. The summed E-state index contributed by atoms with van der Waals surface area (Å²) in [5, 5.41) is 3.24. The molecule has 2 rings (SSSR count). The minimum absolute atomic E-state index is 0. The summed E-state index contributed by atoms with van der Waals surface area (Å²) in [4.78, 5) is 6.90. The first kappa shape index (κ1) is 20.5. The predicted octanol–water partition coefficient (Wildman–Crippen LogP) is 2.96. The van der Waals surface area contributed by atoms with Crippen LogP contribution in [0.4, 0.5) is 0 Å². The Hall–Kier alpha value is -0.540. The summed E-state index contributed by atoms with van der Waals surface area (Å²) in [6, 6.07) is 6.45. The number of hydrogen-bond donors (Lipinski definition) is 2. The maximum Gasteiger partial charge on any atom is 0.188 e. The zero-order valence-corrected chi connectivity index (χ0v) is 17.6. The lowest BCUT2D eigenvalue weighted by Gasteiger charge is -2.23. The average molecular weight is 497 g/mol. The van der Waals surface area contributed by atoms with Gasteiger partial charge in [0.1, 0.15) is 5.75 Å². The van der Waals surface area contributed by atoms with Crippen molar-refractivity contribution >= 4 is 45.9 Å². The van der Waals surface area contributed by atoms with Crippen molar-refractivity contribution in [3.05, 3.63) is 28.2 Å². The monoisotopic (exact) mass is 496 g/mol. The Bertz CT molecular complexity index is 527. The van der Waals surface area contributed by atoms with Crippen LogP contribution in [0.2, 0.25) is 0 Å². The van der Waals surface area contributed by atoms with Crippen molar-refractivity contribution in [2.45, 2.75) is 32.4 Å². The lowest BCUT2D eigenvalue weighted by atomic mass is 10.2. The van der Waals surface area contributed by atoms with Gasteiger partial charge in [0.2, 0.25) is 0 Å². The molecule has 0 radical (unpaired) electrons. The lowest BCUT2D eigenvalue weighted by molar-refractivity contribution is 0.267. The Balaban J connectivity index is 0.00000264. The minimum atomic E-state index is 0. The first-order chi connectivity index (χ1) is 10.6. The molecule has 0 spiro atoms. The number of rotatable bonds is 6. The molecule has 0 saturated carbocycles. The van der Waals surface area contributed by atoms with Gasteiger partial charge in [-0.1, -0.05) is 22.9 Å². The molecule has 130 valence electrons. The smallest absolute Gasteiger partial charge is 0.188 e. The molecule has 23 heavy (non-hydrogen) atoms. The van der Waals surface area contributed by atoms with Gasteiger partial charge in [-0.05, 0) is 44.1 Å². The fourth-order valence-corrected chi connectivity index (χ4v) is 3.27. The van der Waals surface area contributed by atoms with E-state index < -0.39 is 0 Å². The summed E-state index contributed by atoms with van der Waals surface area (Å²) < 4.78 is 6.35. The van der Waals surface area contributed by atoms with E-state index >= 15 is 0 Å². The molecule has 1 unspecified atom stereocenters. The van der Waals surface area contributed by atoms with E-state index in [-0.39, 0.29) is 24.0 Å². The van der Waals surface area contributed by atoms with Crippen molar-refractivity contribution in [3.63, 3.8) is 0 Å². The van der Waals surface area contributed by atoms with E-state index in [4.69, 9.17) is 10.5 Å². The summed E-state index contributed by atoms with van der Waals surface area (Å²) in [5.41, 5.74) is 7.00. The molecule has 5 nitrogen and oxygen atoms in total. The van der Waals surface area contributed by atoms with Gasteiger partial charge in [-0.15, -0.1) is 24.0 Å². The van der Waals surface area contributed by atoms with Gasteiger partial charge in [0.25, 0.3) is 0 Å². The van der Waals surface area contributed by atoms with Crippen molar-refractivity contribution in [1.29, 1.82) is 0 Å². The zero-order chi connectivity index (χ0) is 15.9. The molecule has 1 aromatic carbocycles. The predicted molar refractivity (Wildman–Crippen MR) is 110 cm³/mol. The molecule has 0 amide bonds. The average Bonchev–Trinajstić information content (AvgIpc) is 2.98. The standard InChI is InChI=1S/C16H25BrN4O.HI/c1-3-21-8-4-5-14(21)11-20-16(18)19-10-12-9-13(17)6-7-15(12)22-2;/h6-7,9,14H,3-5,8,10-11H2,1-2H3,(H3,18,19,20);1H. The van der Waals surface area contributed by atoms with Crippen molar-refractivity contribution in [2.24, 2.45) is 10.7 Å². The van der Waals surface area contributed by atoms with E-state index in [1.165, 1.54) is 19.4 Å². The van der Waals surface area contributed by atoms with Gasteiger partial charge in [-0.25, -0.2) is 4.99 Å². The van der Waals surface area contributed by atoms with Gasteiger partial charge in [0.05, 0.1) is 13.7 Å². The molecule has 1 atom stereocenters. The third kappa shape index (κ3) is 6.11. The maximum absolute atomic E-state index is 5.98. The Morgan fingerprint density at radius 2 is 2.30 bits per heavy atom. The lowest BCUT2D eigenvalue weighted by Crippen LogP contribution is -2.42. The molecule has 7 heteroatoms. The maximum atomic E-state index is 5.98. The van der Waals surface area contributed by atoms with E-state index in [1.54, 1.807) is 7.11 Å². The van der Waals surface area contributed by atoms with Crippen LogP contribution in [0.3, 0.4) is 0 Å². The molecule has 0 bridgehead atoms. The molecule has 0 aromatic heterocycles. The van der Waals surface area contributed by atoms with Gasteiger partial charge in [-0.3, -0.25) is 4.90 Å². The van der Waals surface area contributed by atoms with E-state index in [9.17, 15) is 0 Å². The zero-order valence-electron chi connectivity index (χ0n) is 13.7. The number of guanidine groups is 1. The normalized spacial score (nSPS) is 18.6. The highest BCUT2D eigenvalue weighted by atomic mass is 127. The second-order valence-electron chi connectivity index (χ2n) is 5.46. The number of aliphatic imine (C=N–C) groups is 1. The third-order valence-corrected chi connectivity index (χ3v) is 4.58. The first-order valence-electron chi connectivity index (χ1n) is 7.74. The number of likely N-dealkylation sites (tertiary alicyclic amines) is 1. The van der Waals surface area contributed by atoms with Gasteiger partial charge in [-0.2, -0.15) is 0 Å². The molecule has 0 aliphatic carbocycles. The Morgan fingerprint density at radius 3 is 3.00 bits per heavy atom. The summed E-state index contributed by atoms with van der Waals surface area (Å²) in [6.07, 6.45) is 2.50. The van der Waals surface area contributed by atoms with Crippen LogP contribution in [0, 0.1) is 0 Å². The van der Waals surface area contributed by atoms with Gasteiger partial charge in [0.15, 0.2) is 5.96 Å². The number of benzene rings is 1. The number of likely N-dealkylation sites (N-methyl/N-ethyl adjacent to an activating group) is 1. The molecule has 1 heterocycles. The molecule has 1 fully saturated rings.